The molecule has 0 amide bonds. The molecule has 1 atom stereocenters. The van der Waals surface area contributed by atoms with Crippen LogP contribution in [0.5, 0.6) is 5.75 Å². The molecule has 0 radical (unpaired) electrons. The second-order valence-corrected chi connectivity index (χ2v) is 5.61. The summed E-state index contributed by atoms with van der Waals surface area (Å²) in [5.41, 5.74) is 6.91. The van der Waals surface area contributed by atoms with Gasteiger partial charge in [0.2, 0.25) is 0 Å². The van der Waals surface area contributed by atoms with Crippen LogP contribution in [0.25, 0.3) is 10.1 Å². The number of fused-ring (bicyclic) bond motifs is 1. The minimum atomic E-state index is 0.00824. The summed E-state index contributed by atoms with van der Waals surface area (Å²) < 4.78 is 7.44. The molecule has 0 fully saturated rings. The van der Waals surface area contributed by atoms with Crippen LogP contribution in [0.2, 0.25) is 0 Å². The van der Waals surface area contributed by atoms with E-state index < -0.39 is 0 Å². The smallest absolute Gasteiger partial charge is 0.138 e. The van der Waals surface area contributed by atoms with Crippen molar-refractivity contribution < 1.29 is 4.74 Å². The van der Waals surface area contributed by atoms with Gasteiger partial charge in [-0.15, -0.1) is 11.3 Å². The summed E-state index contributed by atoms with van der Waals surface area (Å²) in [7, 11) is 0. The molecule has 0 bridgehead atoms. The molecule has 102 valence electrons. The topological polar surface area (TPSA) is 35.2 Å². The standard InChI is InChI=1S/C17H17NOS/c18-11-9-15(13-5-2-1-3-6-13)19-16-8-4-7-14-10-12-20-17(14)16/h1-8,10,12,15H,9,11,18H2/t15-/m0/s1. The lowest BCUT2D eigenvalue weighted by atomic mass is 10.1. The fraction of sp³-hybridized carbons (Fsp3) is 0.176. The van der Waals surface area contributed by atoms with Crippen molar-refractivity contribution in [2.45, 2.75) is 12.5 Å². The molecule has 20 heavy (non-hydrogen) atoms. The average molecular weight is 283 g/mol. The Balaban J connectivity index is 1.92. The zero-order valence-electron chi connectivity index (χ0n) is 11.2. The molecule has 0 aliphatic carbocycles. The molecule has 3 aromatic rings. The zero-order chi connectivity index (χ0) is 13.8. The van der Waals surface area contributed by atoms with Crippen molar-refractivity contribution in [1.29, 1.82) is 0 Å². The minimum absolute atomic E-state index is 0.00824. The van der Waals surface area contributed by atoms with Crippen molar-refractivity contribution in [3.05, 3.63) is 65.5 Å². The highest BCUT2D eigenvalue weighted by Gasteiger charge is 2.14. The summed E-state index contributed by atoms with van der Waals surface area (Å²) in [4.78, 5) is 0. The Morgan fingerprint density at radius 1 is 1.00 bits per heavy atom. The highest BCUT2D eigenvalue weighted by molar-refractivity contribution is 7.17. The van der Waals surface area contributed by atoms with Gasteiger partial charge in [-0.2, -0.15) is 0 Å². The SMILES string of the molecule is NCC[C@H](Oc1cccc2ccsc12)c1ccccc1. The van der Waals surface area contributed by atoms with E-state index in [4.69, 9.17) is 10.5 Å². The van der Waals surface area contributed by atoms with Gasteiger partial charge in [0.25, 0.3) is 0 Å². The quantitative estimate of drug-likeness (QED) is 0.754. The highest BCUT2D eigenvalue weighted by atomic mass is 32.1. The van der Waals surface area contributed by atoms with Gasteiger partial charge in [-0.1, -0.05) is 42.5 Å². The Labute approximate surface area is 122 Å². The number of thiophene rings is 1. The summed E-state index contributed by atoms with van der Waals surface area (Å²) in [6.45, 7) is 0.611. The molecule has 0 unspecified atom stereocenters. The fourth-order valence-electron chi connectivity index (χ4n) is 2.32. The van der Waals surface area contributed by atoms with Crippen molar-refractivity contribution in [3.63, 3.8) is 0 Å². The molecule has 0 spiro atoms. The molecular weight excluding hydrogens is 266 g/mol. The molecule has 0 saturated heterocycles. The van der Waals surface area contributed by atoms with E-state index in [1.807, 2.05) is 30.3 Å². The van der Waals surface area contributed by atoms with Crippen LogP contribution in [-0.2, 0) is 0 Å². The van der Waals surface area contributed by atoms with Crippen LogP contribution >= 0.6 is 11.3 Å². The molecule has 1 heterocycles. The maximum Gasteiger partial charge on any atom is 0.138 e. The number of nitrogens with two attached hydrogens (primary N) is 1. The van der Waals surface area contributed by atoms with Gasteiger partial charge >= 0.3 is 0 Å². The van der Waals surface area contributed by atoms with E-state index in [1.165, 1.54) is 15.6 Å². The molecule has 0 aliphatic heterocycles. The van der Waals surface area contributed by atoms with Crippen LogP contribution in [0, 0.1) is 0 Å². The summed E-state index contributed by atoms with van der Waals surface area (Å²) in [6.07, 6.45) is 0.820. The number of benzene rings is 2. The monoisotopic (exact) mass is 283 g/mol. The van der Waals surface area contributed by atoms with Crippen LogP contribution in [0.3, 0.4) is 0 Å². The average Bonchev–Trinajstić information content (AvgIpc) is 2.97. The van der Waals surface area contributed by atoms with Crippen LogP contribution in [0.1, 0.15) is 18.1 Å². The van der Waals surface area contributed by atoms with Crippen LogP contribution in [0.4, 0.5) is 0 Å². The van der Waals surface area contributed by atoms with E-state index in [0.29, 0.717) is 6.54 Å². The Bertz CT molecular complexity index is 678. The van der Waals surface area contributed by atoms with Gasteiger partial charge in [-0.25, -0.2) is 0 Å². The third-order valence-electron chi connectivity index (χ3n) is 3.31. The predicted octanol–water partition coefficient (Wildman–Crippen LogP) is 4.37. The number of hydrogen-bond donors (Lipinski definition) is 1. The molecule has 2 nitrogen and oxygen atoms in total. The van der Waals surface area contributed by atoms with Crippen molar-refractivity contribution in [1.82, 2.24) is 0 Å². The summed E-state index contributed by atoms with van der Waals surface area (Å²) in [5.74, 6) is 0.944. The molecule has 0 aliphatic rings. The van der Waals surface area contributed by atoms with Crippen molar-refractivity contribution in [2.24, 2.45) is 5.73 Å². The molecule has 0 saturated carbocycles. The number of ether oxygens (including phenoxy) is 1. The Kier molecular flexibility index (Phi) is 4.00. The van der Waals surface area contributed by atoms with Gasteiger partial charge in [0.1, 0.15) is 11.9 Å². The lowest BCUT2D eigenvalue weighted by Crippen LogP contribution is -2.13. The van der Waals surface area contributed by atoms with Gasteiger partial charge < -0.3 is 10.5 Å². The normalized spacial score (nSPS) is 12.4. The molecule has 3 rings (SSSR count). The third kappa shape index (κ3) is 2.69. The fourth-order valence-corrected chi connectivity index (χ4v) is 3.18. The van der Waals surface area contributed by atoms with Crippen LogP contribution in [-0.4, -0.2) is 6.54 Å². The maximum absolute atomic E-state index is 6.24. The van der Waals surface area contributed by atoms with Crippen LogP contribution in [0.15, 0.2) is 60.0 Å². The largest absolute Gasteiger partial charge is 0.484 e. The number of hydrogen-bond acceptors (Lipinski definition) is 3. The van der Waals surface area contributed by atoms with Crippen molar-refractivity contribution in [2.75, 3.05) is 6.54 Å². The summed E-state index contributed by atoms with van der Waals surface area (Å²) >= 11 is 1.71. The first-order valence-electron chi connectivity index (χ1n) is 6.76. The van der Waals surface area contributed by atoms with Crippen molar-refractivity contribution in [3.8, 4) is 5.75 Å². The van der Waals surface area contributed by atoms with Crippen LogP contribution < -0.4 is 10.5 Å². The van der Waals surface area contributed by atoms with Gasteiger partial charge in [0.05, 0.1) is 4.70 Å². The van der Waals surface area contributed by atoms with Crippen molar-refractivity contribution >= 4 is 21.4 Å². The summed E-state index contributed by atoms with van der Waals surface area (Å²) in [5, 5.41) is 3.32. The molecule has 3 heteroatoms. The van der Waals surface area contributed by atoms with Gasteiger partial charge in [0.15, 0.2) is 0 Å². The van der Waals surface area contributed by atoms with Gasteiger partial charge in [-0.05, 0) is 35.0 Å². The van der Waals surface area contributed by atoms with E-state index in [9.17, 15) is 0 Å². The first-order chi connectivity index (χ1) is 9.88. The van der Waals surface area contributed by atoms with E-state index in [0.717, 1.165) is 12.2 Å². The number of rotatable bonds is 5. The Morgan fingerprint density at radius 2 is 1.85 bits per heavy atom. The summed E-state index contributed by atoms with van der Waals surface area (Å²) in [6, 6.07) is 18.6. The second kappa shape index (κ2) is 6.07. The first kappa shape index (κ1) is 13.2. The lowest BCUT2D eigenvalue weighted by Gasteiger charge is -2.19. The molecule has 2 aromatic carbocycles. The molecule has 2 N–H and O–H groups in total. The lowest BCUT2D eigenvalue weighted by molar-refractivity contribution is 0.201. The maximum atomic E-state index is 6.24. The van der Waals surface area contributed by atoms with E-state index >= 15 is 0 Å². The predicted molar refractivity (Wildman–Crippen MR) is 85.3 cm³/mol. The minimum Gasteiger partial charge on any atom is -0.484 e. The second-order valence-electron chi connectivity index (χ2n) is 4.69. The third-order valence-corrected chi connectivity index (χ3v) is 4.26. The van der Waals surface area contributed by atoms with E-state index in [-0.39, 0.29) is 6.10 Å². The zero-order valence-corrected chi connectivity index (χ0v) is 12.0. The highest BCUT2D eigenvalue weighted by Crippen LogP contribution is 2.34. The van der Waals surface area contributed by atoms with E-state index in [2.05, 4.69) is 29.6 Å². The molecule has 1 aromatic heterocycles. The Morgan fingerprint density at radius 3 is 2.65 bits per heavy atom. The molecular formula is C17H17NOS. The van der Waals surface area contributed by atoms with E-state index in [1.54, 1.807) is 11.3 Å². The van der Waals surface area contributed by atoms with Gasteiger partial charge in [0, 0.05) is 6.42 Å². The Hall–Kier alpha value is -1.84. The first-order valence-corrected chi connectivity index (χ1v) is 7.64. The van der Waals surface area contributed by atoms with Gasteiger partial charge in [-0.3, -0.25) is 0 Å².